The summed E-state index contributed by atoms with van der Waals surface area (Å²) in [4.78, 5) is 33.4. The van der Waals surface area contributed by atoms with E-state index >= 15 is 0 Å². The van der Waals surface area contributed by atoms with E-state index in [0.717, 1.165) is 81.2 Å². The summed E-state index contributed by atoms with van der Waals surface area (Å²) in [5, 5.41) is 0. The van der Waals surface area contributed by atoms with Crippen LogP contribution < -0.4 is 4.90 Å². The van der Waals surface area contributed by atoms with Gasteiger partial charge in [0.25, 0.3) is 0 Å². The van der Waals surface area contributed by atoms with Crippen molar-refractivity contribution in [3.05, 3.63) is 84.7 Å². The van der Waals surface area contributed by atoms with Crippen molar-refractivity contribution in [2.45, 2.75) is 12.8 Å². The van der Waals surface area contributed by atoms with E-state index in [1.165, 1.54) is 0 Å². The Bertz CT molecular complexity index is 1550. The fourth-order valence-electron chi connectivity index (χ4n) is 4.39. The van der Waals surface area contributed by atoms with E-state index in [1.54, 1.807) is 12.4 Å². The highest BCUT2D eigenvalue weighted by Crippen LogP contribution is 2.29. The number of aromatic nitrogens is 6. The maximum Gasteiger partial charge on any atom is 0.157 e. The number of hydrogen-bond acceptors (Lipinski definition) is 7. The summed E-state index contributed by atoms with van der Waals surface area (Å²) >= 11 is 0. The third-order valence-electron chi connectivity index (χ3n) is 6.23. The van der Waals surface area contributed by atoms with E-state index in [9.17, 15) is 0 Å². The van der Waals surface area contributed by atoms with E-state index in [1.807, 2.05) is 62.1 Å². The average molecular weight is 461 g/mol. The van der Waals surface area contributed by atoms with Gasteiger partial charge in [0.1, 0.15) is 11.2 Å². The third-order valence-corrected chi connectivity index (χ3v) is 6.23. The number of pyridine rings is 4. The fraction of sp³-hybridized carbons (Fsp3) is 0.185. The molecule has 6 heterocycles. The van der Waals surface area contributed by atoms with Crippen LogP contribution in [-0.4, -0.2) is 56.3 Å². The average Bonchev–Trinajstić information content (AvgIpc) is 3.22. The summed E-state index contributed by atoms with van der Waals surface area (Å²) in [5.74, 6) is 0.723. The van der Waals surface area contributed by atoms with Gasteiger partial charge >= 0.3 is 0 Å². The number of fused-ring (bicyclic) bond motifs is 2. The van der Waals surface area contributed by atoms with Crippen LogP contribution in [0, 0.1) is 0 Å². The minimum Gasteiger partial charge on any atom is -0.376 e. The summed E-state index contributed by atoms with van der Waals surface area (Å²) in [5.41, 5.74) is 9.56. The maximum absolute atomic E-state index is 4.99. The number of aromatic amines is 1. The predicted molar refractivity (Wildman–Crippen MR) is 138 cm³/mol. The molecule has 0 radical (unpaired) electrons. The Hall–Kier alpha value is -4.46. The largest absolute Gasteiger partial charge is 0.376 e. The lowest BCUT2D eigenvalue weighted by atomic mass is 10.0. The summed E-state index contributed by atoms with van der Waals surface area (Å²) in [6.07, 6.45) is 14.7. The second-order valence-corrected chi connectivity index (χ2v) is 8.79. The number of H-pyrrole nitrogens is 1. The highest BCUT2D eigenvalue weighted by atomic mass is 15.1. The van der Waals surface area contributed by atoms with E-state index < -0.39 is 0 Å². The van der Waals surface area contributed by atoms with Gasteiger partial charge in [0.2, 0.25) is 0 Å². The minimum absolute atomic E-state index is 0.723. The molecule has 172 valence electrons. The van der Waals surface area contributed by atoms with Crippen LogP contribution in [-0.2, 0) is 6.42 Å². The molecule has 0 saturated carbocycles. The maximum atomic E-state index is 4.99. The van der Waals surface area contributed by atoms with Gasteiger partial charge in [-0.15, -0.1) is 0 Å². The van der Waals surface area contributed by atoms with Gasteiger partial charge in [0, 0.05) is 85.1 Å². The van der Waals surface area contributed by atoms with Gasteiger partial charge in [-0.2, -0.15) is 0 Å². The number of aliphatic imine (C=N–C) groups is 1. The van der Waals surface area contributed by atoms with E-state index in [2.05, 4.69) is 32.1 Å². The molecule has 0 saturated heterocycles. The van der Waals surface area contributed by atoms with Gasteiger partial charge in [-0.05, 0) is 31.0 Å². The van der Waals surface area contributed by atoms with Crippen molar-refractivity contribution in [2.24, 2.45) is 4.99 Å². The van der Waals surface area contributed by atoms with Crippen molar-refractivity contribution in [3.63, 3.8) is 0 Å². The van der Waals surface area contributed by atoms with Crippen molar-refractivity contribution in [3.8, 4) is 22.3 Å². The molecule has 0 atom stereocenters. The first kappa shape index (κ1) is 21.1. The summed E-state index contributed by atoms with van der Waals surface area (Å²) in [6, 6.07) is 8.22. The number of rotatable bonds is 4. The molecule has 5 aromatic heterocycles. The van der Waals surface area contributed by atoms with Crippen molar-refractivity contribution >= 4 is 22.4 Å². The number of nitrogens with zero attached hydrogens (tertiary/aromatic N) is 7. The summed E-state index contributed by atoms with van der Waals surface area (Å²) in [7, 11) is 4.02. The SMILES string of the molecule is CN(C)c1cncc(-c2cnc3c(c2)C(c2nc4c(-c5cccnc5)cncc4[nH]2)=NCCC3)c1. The van der Waals surface area contributed by atoms with E-state index in [4.69, 9.17) is 15.0 Å². The lowest BCUT2D eigenvalue weighted by molar-refractivity contribution is 0.823. The van der Waals surface area contributed by atoms with E-state index in [-0.39, 0.29) is 0 Å². The second kappa shape index (κ2) is 8.72. The van der Waals surface area contributed by atoms with E-state index in [0.29, 0.717) is 0 Å². The molecule has 8 nitrogen and oxygen atoms in total. The molecule has 0 unspecified atom stereocenters. The first-order valence-corrected chi connectivity index (χ1v) is 11.6. The zero-order valence-electron chi connectivity index (χ0n) is 19.6. The Morgan fingerprint density at radius 1 is 0.857 bits per heavy atom. The molecule has 0 fully saturated rings. The van der Waals surface area contributed by atoms with Crippen molar-refractivity contribution < 1.29 is 0 Å². The molecule has 35 heavy (non-hydrogen) atoms. The summed E-state index contributed by atoms with van der Waals surface area (Å²) < 4.78 is 0. The molecule has 0 bridgehead atoms. The minimum atomic E-state index is 0.723. The van der Waals surface area contributed by atoms with Gasteiger partial charge in [-0.25, -0.2) is 4.98 Å². The first-order chi connectivity index (χ1) is 17.2. The molecule has 6 rings (SSSR count). The van der Waals surface area contributed by atoms with Gasteiger partial charge in [-0.3, -0.25) is 24.9 Å². The van der Waals surface area contributed by atoms with Crippen molar-refractivity contribution in [1.29, 1.82) is 0 Å². The van der Waals surface area contributed by atoms with Gasteiger partial charge in [-0.1, -0.05) is 6.07 Å². The molecule has 0 spiro atoms. The number of aryl methyl sites for hydroxylation is 1. The molecule has 0 aliphatic carbocycles. The first-order valence-electron chi connectivity index (χ1n) is 11.6. The standard InChI is InChI=1S/C27H24N8/c1-35(2)20-9-18(12-29-14-20)19-10-21-23(32-13-19)6-4-8-31-26(21)27-33-24-16-30-15-22(25(24)34-27)17-5-3-7-28-11-17/h3,5,7,9-16H,4,6,8H2,1-2H3,(H,33,34). The fourth-order valence-corrected chi connectivity index (χ4v) is 4.39. The topological polar surface area (TPSA) is 95.8 Å². The molecular formula is C27H24N8. The van der Waals surface area contributed by atoms with Gasteiger partial charge in [0.15, 0.2) is 5.82 Å². The van der Waals surface area contributed by atoms with Crippen LogP contribution in [0.1, 0.15) is 23.5 Å². The van der Waals surface area contributed by atoms with Crippen LogP contribution in [0.25, 0.3) is 33.3 Å². The smallest absolute Gasteiger partial charge is 0.157 e. The molecule has 0 aromatic carbocycles. The Morgan fingerprint density at radius 2 is 1.71 bits per heavy atom. The quantitative estimate of drug-likeness (QED) is 0.429. The zero-order chi connectivity index (χ0) is 23.8. The number of nitrogens with one attached hydrogen (secondary N) is 1. The molecule has 1 N–H and O–H groups in total. The van der Waals surface area contributed by atoms with Crippen LogP contribution in [0.3, 0.4) is 0 Å². The lowest BCUT2D eigenvalue weighted by Gasteiger charge is -2.14. The van der Waals surface area contributed by atoms with Crippen LogP contribution in [0.2, 0.25) is 0 Å². The second-order valence-electron chi connectivity index (χ2n) is 8.79. The molecule has 8 heteroatoms. The van der Waals surface area contributed by atoms with Crippen LogP contribution in [0.5, 0.6) is 0 Å². The molecule has 1 aliphatic heterocycles. The van der Waals surface area contributed by atoms with Gasteiger partial charge < -0.3 is 9.88 Å². The Kier molecular flexibility index (Phi) is 5.25. The molecular weight excluding hydrogens is 436 g/mol. The lowest BCUT2D eigenvalue weighted by Crippen LogP contribution is -2.10. The normalized spacial score (nSPS) is 13.3. The van der Waals surface area contributed by atoms with Gasteiger partial charge in [0.05, 0.1) is 23.6 Å². The Morgan fingerprint density at radius 3 is 2.57 bits per heavy atom. The van der Waals surface area contributed by atoms with Crippen molar-refractivity contribution in [1.82, 2.24) is 29.9 Å². The molecule has 1 aliphatic rings. The Labute approximate surface area is 202 Å². The predicted octanol–water partition coefficient (Wildman–Crippen LogP) is 4.33. The monoisotopic (exact) mass is 460 g/mol. The summed E-state index contributed by atoms with van der Waals surface area (Å²) in [6.45, 7) is 0.726. The number of imidazole rings is 1. The van der Waals surface area contributed by atoms with Crippen LogP contribution in [0.15, 0.2) is 72.6 Å². The van der Waals surface area contributed by atoms with Crippen molar-refractivity contribution in [2.75, 3.05) is 25.5 Å². The molecule has 0 amide bonds. The highest BCUT2D eigenvalue weighted by Gasteiger charge is 2.21. The number of anilines is 1. The van der Waals surface area contributed by atoms with Crippen LogP contribution in [0.4, 0.5) is 5.69 Å². The third kappa shape index (κ3) is 3.93. The Balaban J connectivity index is 1.47. The zero-order valence-corrected chi connectivity index (χ0v) is 19.6. The highest BCUT2D eigenvalue weighted by molar-refractivity contribution is 6.13. The number of hydrogen-bond donors (Lipinski definition) is 1. The van der Waals surface area contributed by atoms with Crippen LogP contribution >= 0.6 is 0 Å². The molecule has 5 aromatic rings.